The summed E-state index contributed by atoms with van der Waals surface area (Å²) in [4.78, 5) is 4.94. The summed E-state index contributed by atoms with van der Waals surface area (Å²) in [6, 6.07) is 0.776. The van der Waals surface area contributed by atoms with Crippen LogP contribution in [0.4, 0.5) is 5.13 Å². The molecular formula is C10H17N5S. The number of nitrogens with zero attached hydrogens (tertiary/aromatic N) is 4. The summed E-state index contributed by atoms with van der Waals surface area (Å²) >= 11 is 1.70. The first-order valence-electron chi connectivity index (χ1n) is 5.83. The minimum Gasteiger partial charge on any atom is -0.344 e. The van der Waals surface area contributed by atoms with Crippen molar-refractivity contribution in [3.05, 3.63) is 5.01 Å². The zero-order valence-electron chi connectivity index (χ0n) is 9.52. The smallest absolute Gasteiger partial charge is 0.208 e. The monoisotopic (exact) mass is 239 g/mol. The summed E-state index contributed by atoms with van der Waals surface area (Å²) in [5, 5.41) is 13.8. The van der Waals surface area contributed by atoms with E-state index in [0.717, 1.165) is 55.4 Å². The van der Waals surface area contributed by atoms with Crippen molar-refractivity contribution < 1.29 is 0 Å². The Bertz CT molecular complexity index is 354. The average Bonchev–Trinajstić information content (AvgIpc) is 2.63. The van der Waals surface area contributed by atoms with Gasteiger partial charge in [-0.25, -0.2) is 0 Å². The number of hydrogen-bond acceptors (Lipinski definition) is 6. The van der Waals surface area contributed by atoms with E-state index >= 15 is 0 Å². The quantitative estimate of drug-likeness (QED) is 0.783. The van der Waals surface area contributed by atoms with Crippen LogP contribution in [-0.4, -0.2) is 60.4 Å². The lowest BCUT2D eigenvalue weighted by molar-refractivity contribution is 0.138. The molecule has 3 rings (SSSR count). The van der Waals surface area contributed by atoms with E-state index in [1.54, 1.807) is 11.3 Å². The molecular weight excluding hydrogens is 222 g/mol. The molecule has 6 heteroatoms. The summed E-state index contributed by atoms with van der Waals surface area (Å²) in [6.07, 6.45) is 0. The van der Waals surface area contributed by atoms with Crippen LogP contribution in [0.1, 0.15) is 5.01 Å². The van der Waals surface area contributed by atoms with Gasteiger partial charge in [-0.3, -0.25) is 4.90 Å². The fraction of sp³-hybridized carbons (Fsp3) is 0.800. The lowest BCUT2D eigenvalue weighted by atomic mass is 10.1. The Morgan fingerprint density at radius 3 is 2.44 bits per heavy atom. The highest BCUT2D eigenvalue weighted by Gasteiger charge is 2.28. The van der Waals surface area contributed by atoms with Gasteiger partial charge in [0.25, 0.3) is 0 Å². The summed E-state index contributed by atoms with van der Waals surface area (Å²) in [7, 11) is 0. The van der Waals surface area contributed by atoms with E-state index < -0.39 is 0 Å². The van der Waals surface area contributed by atoms with Crippen molar-refractivity contribution in [2.75, 3.05) is 44.2 Å². The molecule has 16 heavy (non-hydrogen) atoms. The number of aromatic nitrogens is 2. The van der Waals surface area contributed by atoms with Gasteiger partial charge in [-0.1, -0.05) is 11.3 Å². The van der Waals surface area contributed by atoms with Crippen LogP contribution in [0.15, 0.2) is 0 Å². The van der Waals surface area contributed by atoms with E-state index in [4.69, 9.17) is 0 Å². The molecule has 5 nitrogen and oxygen atoms in total. The molecule has 2 aliphatic rings. The Kier molecular flexibility index (Phi) is 2.79. The van der Waals surface area contributed by atoms with E-state index in [0.29, 0.717) is 0 Å². The van der Waals surface area contributed by atoms with Crippen molar-refractivity contribution in [3.8, 4) is 0 Å². The van der Waals surface area contributed by atoms with Crippen molar-refractivity contribution in [1.29, 1.82) is 0 Å². The lowest BCUT2D eigenvalue weighted by Crippen LogP contribution is -2.61. The molecule has 88 valence electrons. The molecule has 0 amide bonds. The zero-order valence-corrected chi connectivity index (χ0v) is 10.3. The summed E-state index contributed by atoms with van der Waals surface area (Å²) in [5.74, 6) is 0. The second-order valence-electron chi connectivity index (χ2n) is 4.44. The molecule has 2 saturated heterocycles. The third kappa shape index (κ3) is 1.92. The third-order valence-electron chi connectivity index (χ3n) is 3.38. The fourth-order valence-electron chi connectivity index (χ4n) is 2.22. The van der Waals surface area contributed by atoms with Crippen LogP contribution in [0.5, 0.6) is 0 Å². The van der Waals surface area contributed by atoms with Gasteiger partial charge in [-0.15, -0.1) is 10.2 Å². The summed E-state index contributed by atoms with van der Waals surface area (Å²) < 4.78 is 0. The molecule has 1 aromatic heterocycles. The second kappa shape index (κ2) is 4.27. The Labute approximate surface area is 99.5 Å². The zero-order chi connectivity index (χ0) is 11.0. The minimum absolute atomic E-state index is 0.776. The Morgan fingerprint density at radius 1 is 1.19 bits per heavy atom. The van der Waals surface area contributed by atoms with Crippen LogP contribution < -0.4 is 10.2 Å². The topological polar surface area (TPSA) is 44.3 Å². The van der Waals surface area contributed by atoms with Gasteiger partial charge >= 0.3 is 0 Å². The van der Waals surface area contributed by atoms with Crippen molar-refractivity contribution in [2.24, 2.45) is 0 Å². The average molecular weight is 239 g/mol. The van der Waals surface area contributed by atoms with E-state index in [1.807, 2.05) is 6.92 Å². The molecule has 0 atom stereocenters. The predicted octanol–water partition coefficient (Wildman–Crippen LogP) is -0.0597. The first-order chi connectivity index (χ1) is 7.83. The van der Waals surface area contributed by atoms with E-state index in [-0.39, 0.29) is 0 Å². The Balaban J connectivity index is 1.57. The number of nitrogens with one attached hydrogen (secondary N) is 1. The van der Waals surface area contributed by atoms with Crippen LogP contribution in [0.25, 0.3) is 0 Å². The van der Waals surface area contributed by atoms with Gasteiger partial charge in [0, 0.05) is 45.3 Å². The normalized spacial score (nSPS) is 23.4. The van der Waals surface area contributed by atoms with Crippen LogP contribution in [0.2, 0.25) is 0 Å². The molecule has 0 unspecified atom stereocenters. The van der Waals surface area contributed by atoms with Gasteiger partial charge in [-0.05, 0) is 6.92 Å². The highest BCUT2D eigenvalue weighted by molar-refractivity contribution is 7.15. The molecule has 0 saturated carbocycles. The summed E-state index contributed by atoms with van der Waals surface area (Å²) in [6.45, 7) is 8.83. The van der Waals surface area contributed by atoms with Gasteiger partial charge in [-0.2, -0.15) is 0 Å². The number of piperazine rings is 1. The molecule has 3 heterocycles. The maximum absolute atomic E-state index is 4.21. The van der Waals surface area contributed by atoms with Crippen molar-refractivity contribution in [3.63, 3.8) is 0 Å². The van der Waals surface area contributed by atoms with Crippen LogP contribution in [0.3, 0.4) is 0 Å². The molecule has 0 radical (unpaired) electrons. The van der Waals surface area contributed by atoms with Gasteiger partial charge < -0.3 is 10.2 Å². The minimum atomic E-state index is 0.776. The first-order valence-corrected chi connectivity index (χ1v) is 6.64. The number of hydrogen-bond donors (Lipinski definition) is 1. The standard InChI is InChI=1S/C10H17N5S/c1-8-12-13-10(16-8)15-4-2-14(3-5-15)9-6-11-7-9/h9,11H,2-7H2,1H3. The van der Waals surface area contributed by atoms with Crippen LogP contribution in [-0.2, 0) is 0 Å². The maximum atomic E-state index is 4.21. The van der Waals surface area contributed by atoms with Gasteiger partial charge in [0.05, 0.1) is 0 Å². The Hall–Kier alpha value is -0.720. The van der Waals surface area contributed by atoms with Crippen LogP contribution in [0, 0.1) is 6.92 Å². The van der Waals surface area contributed by atoms with Crippen molar-refractivity contribution in [2.45, 2.75) is 13.0 Å². The lowest BCUT2D eigenvalue weighted by Gasteiger charge is -2.43. The molecule has 0 aliphatic carbocycles. The molecule has 0 spiro atoms. The van der Waals surface area contributed by atoms with Gasteiger partial charge in [0.1, 0.15) is 5.01 Å². The van der Waals surface area contributed by atoms with Crippen molar-refractivity contribution >= 4 is 16.5 Å². The molecule has 1 N–H and O–H groups in total. The number of anilines is 1. The van der Waals surface area contributed by atoms with Crippen molar-refractivity contribution in [1.82, 2.24) is 20.4 Å². The van der Waals surface area contributed by atoms with Gasteiger partial charge in [0.2, 0.25) is 5.13 Å². The largest absolute Gasteiger partial charge is 0.344 e. The van der Waals surface area contributed by atoms with E-state index in [9.17, 15) is 0 Å². The maximum Gasteiger partial charge on any atom is 0.208 e. The second-order valence-corrected chi connectivity index (χ2v) is 5.60. The number of rotatable bonds is 2. The fourth-order valence-corrected chi connectivity index (χ4v) is 2.96. The molecule has 2 fully saturated rings. The highest BCUT2D eigenvalue weighted by atomic mass is 32.1. The van der Waals surface area contributed by atoms with Crippen LogP contribution >= 0.6 is 11.3 Å². The number of aryl methyl sites for hydroxylation is 1. The van der Waals surface area contributed by atoms with Gasteiger partial charge in [0.15, 0.2) is 0 Å². The molecule has 0 aromatic carbocycles. The summed E-state index contributed by atoms with van der Waals surface area (Å²) in [5.41, 5.74) is 0. The third-order valence-corrected chi connectivity index (χ3v) is 4.28. The predicted molar refractivity (Wildman–Crippen MR) is 65.1 cm³/mol. The Morgan fingerprint density at radius 2 is 1.94 bits per heavy atom. The molecule has 2 aliphatic heterocycles. The first kappa shape index (κ1) is 10.4. The molecule has 0 bridgehead atoms. The highest BCUT2D eigenvalue weighted by Crippen LogP contribution is 2.21. The van der Waals surface area contributed by atoms with E-state index in [2.05, 4.69) is 25.3 Å². The van der Waals surface area contributed by atoms with E-state index in [1.165, 1.54) is 0 Å². The SMILES string of the molecule is Cc1nnc(N2CCN(C3CNC3)CC2)s1. The molecule has 1 aromatic rings.